The fourth-order valence-corrected chi connectivity index (χ4v) is 1.45. The van der Waals surface area contributed by atoms with Gasteiger partial charge in [0.2, 0.25) is 5.90 Å². The Bertz CT molecular complexity index is 390. The Morgan fingerprint density at radius 3 is 2.93 bits per heavy atom. The predicted octanol–water partition coefficient (Wildman–Crippen LogP) is 2.21. The normalized spacial score (nSPS) is 20.4. The molecule has 14 heavy (non-hydrogen) atoms. The van der Waals surface area contributed by atoms with Gasteiger partial charge in [-0.15, -0.1) is 0 Å². The lowest BCUT2D eigenvalue weighted by Crippen LogP contribution is -2.01. The van der Waals surface area contributed by atoms with E-state index in [9.17, 15) is 5.11 Å². The lowest BCUT2D eigenvalue weighted by molar-refractivity contribution is 0.324. The number of rotatable bonds is 1. The van der Waals surface area contributed by atoms with Gasteiger partial charge in [-0.25, -0.2) is 4.99 Å². The maximum atomic E-state index is 9.23. The van der Waals surface area contributed by atoms with E-state index in [0.29, 0.717) is 17.5 Å². The molecule has 0 aromatic heterocycles. The molecule has 4 heteroatoms. The van der Waals surface area contributed by atoms with Gasteiger partial charge in [0.05, 0.1) is 11.1 Å². The van der Waals surface area contributed by atoms with E-state index >= 15 is 0 Å². The molecule has 0 aliphatic carbocycles. The molecule has 1 aliphatic rings. The minimum atomic E-state index is 0.0714. The lowest BCUT2D eigenvalue weighted by Gasteiger charge is -2.02. The summed E-state index contributed by atoms with van der Waals surface area (Å²) in [5.74, 6) is 0.668. The standard InChI is InChI=1S/C10H10ClNO2/c1-6-5-14-10(12-6)7-2-3-9(13)8(11)4-7/h2-4,6,13H,5H2,1H3. The van der Waals surface area contributed by atoms with Crippen molar-refractivity contribution in [2.24, 2.45) is 4.99 Å². The maximum absolute atomic E-state index is 9.23. The molecule has 3 nitrogen and oxygen atoms in total. The zero-order chi connectivity index (χ0) is 10.1. The molecular formula is C10H10ClNO2. The van der Waals surface area contributed by atoms with Crippen LogP contribution in [0.5, 0.6) is 5.75 Å². The zero-order valence-electron chi connectivity index (χ0n) is 7.70. The molecule has 1 N–H and O–H groups in total. The van der Waals surface area contributed by atoms with Crippen molar-refractivity contribution in [3.05, 3.63) is 28.8 Å². The van der Waals surface area contributed by atoms with Gasteiger partial charge in [-0.2, -0.15) is 0 Å². The number of hydrogen-bond donors (Lipinski definition) is 1. The number of ether oxygens (including phenoxy) is 1. The fraction of sp³-hybridized carbons (Fsp3) is 0.300. The Balaban J connectivity index is 2.34. The molecule has 0 spiro atoms. The van der Waals surface area contributed by atoms with Crippen LogP contribution in [0.1, 0.15) is 12.5 Å². The maximum Gasteiger partial charge on any atom is 0.216 e. The van der Waals surface area contributed by atoms with E-state index in [2.05, 4.69) is 4.99 Å². The van der Waals surface area contributed by atoms with Gasteiger partial charge in [0.1, 0.15) is 12.4 Å². The van der Waals surface area contributed by atoms with Crippen LogP contribution in [-0.2, 0) is 4.74 Å². The second-order valence-corrected chi connectivity index (χ2v) is 3.67. The highest BCUT2D eigenvalue weighted by Gasteiger charge is 2.16. The summed E-state index contributed by atoms with van der Waals surface area (Å²) in [5, 5.41) is 9.54. The Kier molecular flexibility index (Phi) is 2.33. The minimum absolute atomic E-state index is 0.0714. The van der Waals surface area contributed by atoms with Gasteiger partial charge in [-0.3, -0.25) is 0 Å². The van der Waals surface area contributed by atoms with E-state index in [-0.39, 0.29) is 11.8 Å². The molecule has 1 unspecified atom stereocenters. The number of hydrogen-bond acceptors (Lipinski definition) is 3. The van der Waals surface area contributed by atoms with Crippen molar-refractivity contribution in [1.82, 2.24) is 0 Å². The van der Waals surface area contributed by atoms with Crippen LogP contribution >= 0.6 is 11.6 Å². The number of halogens is 1. The lowest BCUT2D eigenvalue weighted by atomic mass is 10.2. The largest absolute Gasteiger partial charge is 0.506 e. The van der Waals surface area contributed by atoms with E-state index in [4.69, 9.17) is 16.3 Å². The van der Waals surface area contributed by atoms with Gasteiger partial charge in [-0.05, 0) is 25.1 Å². The quantitative estimate of drug-likeness (QED) is 0.774. The number of phenolic OH excluding ortho intramolecular Hbond substituents is 1. The van der Waals surface area contributed by atoms with Crippen LogP contribution in [0, 0.1) is 0 Å². The second-order valence-electron chi connectivity index (χ2n) is 3.26. The van der Waals surface area contributed by atoms with Gasteiger partial charge < -0.3 is 9.84 Å². The van der Waals surface area contributed by atoms with Crippen molar-refractivity contribution in [2.45, 2.75) is 13.0 Å². The van der Waals surface area contributed by atoms with Gasteiger partial charge in [-0.1, -0.05) is 11.6 Å². The van der Waals surface area contributed by atoms with Gasteiger partial charge in [0.25, 0.3) is 0 Å². The second kappa shape index (κ2) is 3.50. The summed E-state index contributed by atoms with van der Waals surface area (Å²) in [7, 11) is 0. The smallest absolute Gasteiger partial charge is 0.216 e. The molecule has 0 bridgehead atoms. The third kappa shape index (κ3) is 1.68. The summed E-state index contributed by atoms with van der Waals surface area (Å²) in [6.07, 6.45) is 0. The Morgan fingerprint density at radius 2 is 2.36 bits per heavy atom. The first-order valence-corrected chi connectivity index (χ1v) is 4.74. The van der Waals surface area contributed by atoms with E-state index < -0.39 is 0 Å². The third-order valence-corrected chi connectivity index (χ3v) is 2.30. The number of phenols is 1. The molecule has 1 atom stereocenters. The zero-order valence-corrected chi connectivity index (χ0v) is 8.45. The average Bonchev–Trinajstić information content (AvgIpc) is 2.57. The number of benzene rings is 1. The van der Waals surface area contributed by atoms with Gasteiger partial charge in [0.15, 0.2) is 0 Å². The van der Waals surface area contributed by atoms with Gasteiger partial charge in [0, 0.05) is 5.56 Å². The van der Waals surface area contributed by atoms with Crippen LogP contribution in [0.4, 0.5) is 0 Å². The summed E-state index contributed by atoms with van der Waals surface area (Å²) in [4.78, 5) is 4.28. The molecule has 1 aromatic carbocycles. The highest BCUT2D eigenvalue weighted by atomic mass is 35.5. The average molecular weight is 212 g/mol. The highest BCUT2D eigenvalue weighted by molar-refractivity contribution is 6.32. The van der Waals surface area contributed by atoms with Crippen molar-refractivity contribution in [1.29, 1.82) is 0 Å². The molecular weight excluding hydrogens is 202 g/mol. The van der Waals surface area contributed by atoms with Crippen LogP contribution in [0.15, 0.2) is 23.2 Å². The summed E-state index contributed by atoms with van der Waals surface area (Å²) >= 11 is 5.77. The number of nitrogens with zero attached hydrogens (tertiary/aromatic N) is 1. The number of aliphatic imine (C=N–C) groups is 1. The molecule has 1 aromatic rings. The minimum Gasteiger partial charge on any atom is -0.506 e. The Hall–Kier alpha value is -1.22. The molecule has 2 rings (SSSR count). The van der Waals surface area contributed by atoms with Crippen molar-refractivity contribution in [3.63, 3.8) is 0 Å². The molecule has 74 valence electrons. The predicted molar refractivity (Wildman–Crippen MR) is 55.1 cm³/mol. The molecule has 1 aliphatic heterocycles. The van der Waals surface area contributed by atoms with Crippen molar-refractivity contribution >= 4 is 17.5 Å². The highest BCUT2D eigenvalue weighted by Crippen LogP contribution is 2.25. The molecule has 0 amide bonds. The van der Waals surface area contributed by atoms with Crippen LogP contribution in [0.2, 0.25) is 5.02 Å². The monoisotopic (exact) mass is 211 g/mol. The first-order chi connectivity index (χ1) is 6.66. The molecule has 0 radical (unpaired) electrons. The summed E-state index contributed by atoms with van der Waals surface area (Å²) < 4.78 is 5.36. The van der Waals surface area contributed by atoms with Crippen molar-refractivity contribution in [3.8, 4) is 5.75 Å². The molecule has 0 fully saturated rings. The SMILES string of the molecule is CC1COC(c2ccc(O)c(Cl)c2)=N1. The van der Waals surface area contributed by atoms with E-state index in [1.165, 1.54) is 6.07 Å². The van der Waals surface area contributed by atoms with E-state index in [1.54, 1.807) is 12.1 Å². The molecule has 1 heterocycles. The summed E-state index contributed by atoms with van der Waals surface area (Å²) in [5.41, 5.74) is 0.803. The first-order valence-electron chi connectivity index (χ1n) is 4.36. The van der Waals surface area contributed by atoms with E-state index in [0.717, 1.165) is 5.56 Å². The van der Waals surface area contributed by atoms with Crippen LogP contribution in [-0.4, -0.2) is 23.7 Å². The molecule has 0 saturated heterocycles. The fourth-order valence-electron chi connectivity index (χ4n) is 1.27. The Labute approximate surface area is 87.0 Å². The Morgan fingerprint density at radius 1 is 1.57 bits per heavy atom. The summed E-state index contributed by atoms with van der Waals surface area (Å²) in [6, 6.07) is 5.11. The van der Waals surface area contributed by atoms with Gasteiger partial charge >= 0.3 is 0 Å². The van der Waals surface area contributed by atoms with E-state index in [1.807, 2.05) is 6.92 Å². The third-order valence-electron chi connectivity index (χ3n) is 1.99. The van der Waals surface area contributed by atoms with Crippen LogP contribution < -0.4 is 0 Å². The van der Waals surface area contributed by atoms with Crippen LogP contribution in [0.25, 0.3) is 0 Å². The topological polar surface area (TPSA) is 41.8 Å². The number of aromatic hydroxyl groups is 1. The molecule has 0 saturated carbocycles. The van der Waals surface area contributed by atoms with Crippen molar-refractivity contribution in [2.75, 3.05) is 6.61 Å². The van der Waals surface area contributed by atoms with Crippen molar-refractivity contribution < 1.29 is 9.84 Å². The van der Waals surface area contributed by atoms with Crippen LogP contribution in [0.3, 0.4) is 0 Å². The summed E-state index contributed by atoms with van der Waals surface area (Å²) in [6.45, 7) is 2.59. The first kappa shape index (κ1) is 9.34.